The number of nitro groups is 1. The number of rotatable bonds is 6. The van der Waals surface area contributed by atoms with E-state index in [9.17, 15) is 23.3 Å². The van der Waals surface area contributed by atoms with Crippen molar-refractivity contribution in [2.45, 2.75) is 29.6 Å². The molecule has 0 bridgehead atoms. The lowest BCUT2D eigenvalue weighted by Crippen LogP contribution is -2.28. The van der Waals surface area contributed by atoms with Gasteiger partial charge >= 0.3 is 0 Å². The molecule has 3 rings (SSSR count). The van der Waals surface area contributed by atoms with Gasteiger partial charge in [-0.05, 0) is 49.8 Å². The molecule has 1 aliphatic heterocycles. The Labute approximate surface area is 173 Å². The molecule has 1 N–H and O–H groups in total. The number of anilines is 1. The third-order valence-electron chi connectivity index (χ3n) is 4.78. The topological polar surface area (TPSA) is 110 Å². The minimum Gasteiger partial charge on any atom is -0.339 e. The molecular formula is C19H21N3O5S2. The minimum absolute atomic E-state index is 0.0660. The SMILES string of the molecule is CSc1ccc(S(=O)(=O)Nc2cc([N+](=O)[O-])ccc2C)cc1C(=O)N1CCCC1. The average molecular weight is 436 g/mol. The molecule has 2 aromatic rings. The van der Waals surface area contributed by atoms with Gasteiger partial charge in [-0.3, -0.25) is 19.6 Å². The van der Waals surface area contributed by atoms with Crippen molar-refractivity contribution in [1.82, 2.24) is 4.90 Å². The number of thioether (sulfide) groups is 1. The summed E-state index contributed by atoms with van der Waals surface area (Å²) < 4.78 is 28.2. The number of amides is 1. The van der Waals surface area contributed by atoms with Gasteiger partial charge in [-0.1, -0.05) is 6.07 Å². The summed E-state index contributed by atoms with van der Waals surface area (Å²) in [7, 11) is -4.04. The number of aryl methyl sites for hydroxylation is 1. The first-order chi connectivity index (χ1) is 13.7. The number of benzene rings is 2. The zero-order valence-electron chi connectivity index (χ0n) is 16.0. The third kappa shape index (κ3) is 4.54. The monoisotopic (exact) mass is 435 g/mol. The van der Waals surface area contributed by atoms with Crippen molar-refractivity contribution >= 4 is 39.1 Å². The lowest BCUT2D eigenvalue weighted by Gasteiger charge is -2.18. The molecule has 29 heavy (non-hydrogen) atoms. The summed E-state index contributed by atoms with van der Waals surface area (Å²) in [6.07, 6.45) is 3.70. The van der Waals surface area contributed by atoms with Crippen LogP contribution in [0.5, 0.6) is 0 Å². The number of nitrogens with zero attached hydrogens (tertiary/aromatic N) is 2. The number of carbonyl (C=O) groups excluding carboxylic acids is 1. The number of nitrogens with one attached hydrogen (secondary N) is 1. The highest BCUT2D eigenvalue weighted by molar-refractivity contribution is 7.98. The fraction of sp³-hybridized carbons (Fsp3) is 0.316. The Hall–Kier alpha value is -2.59. The first kappa shape index (κ1) is 21.1. The summed E-state index contributed by atoms with van der Waals surface area (Å²) >= 11 is 1.38. The minimum atomic E-state index is -4.04. The second-order valence-electron chi connectivity index (χ2n) is 6.72. The molecule has 0 saturated carbocycles. The third-order valence-corrected chi connectivity index (χ3v) is 6.94. The molecule has 1 fully saturated rings. The number of hydrogen-bond acceptors (Lipinski definition) is 6. The molecule has 10 heteroatoms. The summed E-state index contributed by atoms with van der Waals surface area (Å²) in [6.45, 7) is 2.98. The highest BCUT2D eigenvalue weighted by Crippen LogP contribution is 2.29. The van der Waals surface area contributed by atoms with Crippen molar-refractivity contribution in [2.24, 2.45) is 0 Å². The lowest BCUT2D eigenvalue weighted by atomic mass is 10.2. The van der Waals surface area contributed by atoms with Crippen LogP contribution in [0.25, 0.3) is 0 Å². The van der Waals surface area contributed by atoms with Crippen LogP contribution in [0.2, 0.25) is 0 Å². The van der Waals surface area contributed by atoms with Crippen LogP contribution in [0, 0.1) is 17.0 Å². The van der Waals surface area contributed by atoms with Gasteiger partial charge in [-0.2, -0.15) is 0 Å². The summed E-state index contributed by atoms with van der Waals surface area (Å²) in [5.41, 5.74) is 0.808. The summed E-state index contributed by atoms with van der Waals surface area (Å²) in [5, 5.41) is 11.0. The molecule has 0 aliphatic carbocycles. The molecule has 0 radical (unpaired) electrons. The maximum atomic E-state index is 12.9. The maximum absolute atomic E-state index is 12.9. The van der Waals surface area contributed by atoms with Gasteiger partial charge in [0.2, 0.25) is 0 Å². The molecular weight excluding hydrogens is 414 g/mol. The van der Waals surface area contributed by atoms with Gasteiger partial charge in [-0.25, -0.2) is 8.42 Å². The molecule has 0 unspecified atom stereocenters. The van der Waals surface area contributed by atoms with Crippen molar-refractivity contribution in [2.75, 3.05) is 24.1 Å². The quantitative estimate of drug-likeness (QED) is 0.421. The molecule has 154 valence electrons. The second-order valence-corrected chi connectivity index (χ2v) is 9.25. The van der Waals surface area contributed by atoms with Crippen molar-refractivity contribution in [3.8, 4) is 0 Å². The largest absolute Gasteiger partial charge is 0.339 e. The smallest absolute Gasteiger partial charge is 0.271 e. The highest BCUT2D eigenvalue weighted by atomic mass is 32.2. The van der Waals surface area contributed by atoms with Crippen LogP contribution in [0.15, 0.2) is 46.2 Å². The van der Waals surface area contributed by atoms with Crippen LogP contribution in [-0.2, 0) is 10.0 Å². The predicted octanol–water partition coefficient (Wildman–Crippen LogP) is 3.66. The zero-order chi connectivity index (χ0) is 21.2. The zero-order valence-corrected chi connectivity index (χ0v) is 17.7. The van der Waals surface area contributed by atoms with Crippen molar-refractivity contribution in [1.29, 1.82) is 0 Å². The van der Waals surface area contributed by atoms with E-state index in [1.165, 1.54) is 42.1 Å². The lowest BCUT2D eigenvalue weighted by molar-refractivity contribution is -0.384. The van der Waals surface area contributed by atoms with Gasteiger partial charge in [-0.15, -0.1) is 11.8 Å². The van der Waals surface area contributed by atoms with E-state index in [1.807, 2.05) is 6.26 Å². The van der Waals surface area contributed by atoms with Crippen LogP contribution >= 0.6 is 11.8 Å². The van der Waals surface area contributed by atoms with Crippen molar-refractivity contribution in [3.05, 3.63) is 57.6 Å². The fourth-order valence-electron chi connectivity index (χ4n) is 3.15. The van der Waals surface area contributed by atoms with E-state index >= 15 is 0 Å². The van der Waals surface area contributed by atoms with E-state index in [2.05, 4.69) is 4.72 Å². The Morgan fingerprint density at radius 1 is 1.17 bits per heavy atom. The van der Waals surface area contributed by atoms with Crippen LogP contribution in [-0.4, -0.2) is 43.5 Å². The first-order valence-corrected chi connectivity index (χ1v) is 11.7. The van der Waals surface area contributed by atoms with Gasteiger partial charge in [0.1, 0.15) is 0 Å². The summed E-state index contributed by atoms with van der Waals surface area (Å²) in [5.74, 6) is -0.185. The van der Waals surface area contributed by atoms with E-state index in [0.717, 1.165) is 12.8 Å². The van der Waals surface area contributed by atoms with Crippen LogP contribution in [0.4, 0.5) is 11.4 Å². The number of likely N-dealkylation sites (tertiary alicyclic amines) is 1. The normalized spacial score (nSPS) is 14.1. The number of nitro benzene ring substituents is 1. The van der Waals surface area contributed by atoms with E-state index in [-0.39, 0.29) is 22.2 Å². The fourth-order valence-corrected chi connectivity index (χ4v) is 4.87. The predicted molar refractivity (Wildman–Crippen MR) is 112 cm³/mol. The Kier molecular flexibility index (Phi) is 6.13. The number of carbonyl (C=O) groups is 1. The van der Waals surface area contributed by atoms with E-state index in [1.54, 1.807) is 17.9 Å². The highest BCUT2D eigenvalue weighted by Gasteiger charge is 2.25. The van der Waals surface area contributed by atoms with Gasteiger partial charge in [0.25, 0.3) is 21.6 Å². The molecule has 1 aliphatic rings. The maximum Gasteiger partial charge on any atom is 0.271 e. The van der Waals surface area contributed by atoms with Gasteiger partial charge in [0, 0.05) is 30.1 Å². The average Bonchev–Trinajstić information content (AvgIpc) is 3.23. The Morgan fingerprint density at radius 3 is 2.48 bits per heavy atom. The van der Waals surface area contributed by atoms with Crippen LogP contribution in [0.3, 0.4) is 0 Å². The van der Waals surface area contributed by atoms with E-state index in [4.69, 9.17) is 0 Å². The molecule has 8 nitrogen and oxygen atoms in total. The molecule has 0 spiro atoms. The molecule has 1 heterocycles. The number of non-ortho nitro benzene ring substituents is 1. The van der Waals surface area contributed by atoms with Gasteiger partial charge < -0.3 is 4.90 Å². The Balaban J connectivity index is 1.97. The molecule has 0 aromatic heterocycles. The summed E-state index contributed by atoms with van der Waals surface area (Å²) in [6, 6.07) is 8.40. The van der Waals surface area contributed by atoms with Gasteiger partial charge in [0.05, 0.1) is 21.1 Å². The molecule has 0 atom stereocenters. The van der Waals surface area contributed by atoms with Crippen LogP contribution < -0.4 is 4.72 Å². The van der Waals surface area contributed by atoms with Gasteiger partial charge in [0.15, 0.2) is 0 Å². The van der Waals surface area contributed by atoms with E-state index < -0.39 is 14.9 Å². The van der Waals surface area contributed by atoms with Crippen molar-refractivity contribution in [3.63, 3.8) is 0 Å². The number of sulfonamides is 1. The standard InChI is InChI=1S/C19H21N3O5S2/c1-13-5-6-14(22(24)25)11-17(13)20-29(26,27)15-7-8-18(28-2)16(12-15)19(23)21-9-3-4-10-21/h5-8,11-12,20H,3-4,9-10H2,1-2H3. The molecule has 1 amide bonds. The molecule has 2 aromatic carbocycles. The van der Waals surface area contributed by atoms with Crippen LogP contribution in [0.1, 0.15) is 28.8 Å². The van der Waals surface area contributed by atoms with Crippen molar-refractivity contribution < 1.29 is 18.1 Å². The first-order valence-electron chi connectivity index (χ1n) is 8.98. The second kappa shape index (κ2) is 8.42. The Bertz CT molecular complexity index is 1060. The Morgan fingerprint density at radius 2 is 1.86 bits per heavy atom. The summed E-state index contributed by atoms with van der Waals surface area (Å²) in [4.78, 5) is 25.6. The number of hydrogen-bond donors (Lipinski definition) is 1. The molecule has 1 saturated heterocycles. The van der Waals surface area contributed by atoms with E-state index in [0.29, 0.717) is 29.1 Å².